The van der Waals surface area contributed by atoms with Crippen LogP contribution in [0.15, 0.2) is 36.4 Å². The van der Waals surface area contributed by atoms with E-state index in [4.69, 9.17) is 11.0 Å². The predicted octanol–water partition coefficient (Wildman–Crippen LogP) is 3.64. The van der Waals surface area contributed by atoms with Crippen molar-refractivity contribution < 1.29 is 4.39 Å². The molecule has 1 aliphatic carbocycles. The molecule has 0 spiro atoms. The van der Waals surface area contributed by atoms with Crippen LogP contribution in [0.4, 0.5) is 10.1 Å². The van der Waals surface area contributed by atoms with E-state index < -0.39 is 5.82 Å². The lowest BCUT2D eigenvalue weighted by Crippen LogP contribution is -2.44. The number of hydrogen-bond donors (Lipinski definition) is 1. The highest BCUT2D eigenvalue weighted by atomic mass is 19.1. The van der Waals surface area contributed by atoms with Crippen LogP contribution >= 0.6 is 0 Å². The minimum absolute atomic E-state index is 0.00451. The van der Waals surface area contributed by atoms with Crippen LogP contribution in [-0.4, -0.2) is 36.1 Å². The average Bonchev–Trinajstić information content (AvgIpc) is 3.17. The van der Waals surface area contributed by atoms with Crippen LogP contribution in [0.3, 0.4) is 0 Å². The van der Waals surface area contributed by atoms with Gasteiger partial charge in [0.25, 0.3) is 0 Å². The molecule has 144 valence electrons. The van der Waals surface area contributed by atoms with Crippen molar-refractivity contribution in [1.29, 1.82) is 5.26 Å². The minimum Gasteiger partial charge on any atom is -0.371 e. The molecular weight excluding hydrogens is 351 g/mol. The van der Waals surface area contributed by atoms with E-state index in [2.05, 4.69) is 28.0 Å². The molecule has 0 amide bonds. The van der Waals surface area contributed by atoms with Crippen molar-refractivity contribution in [3.05, 3.63) is 53.3 Å². The minimum atomic E-state index is -0.457. The molecule has 2 aromatic carbocycles. The lowest BCUT2D eigenvalue weighted by atomic mass is 9.95. The molecule has 2 N–H and O–H groups in total. The highest BCUT2D eigenvalue weighted by Crippen LogP contribution is 2.42. The molecule has 28 heavy (non-hydrogen) atoms. The second-order valence-corrected chi connectivity index (χ2v) is 8.62. The van der Waals surface area contributed by atoms with Crippen molar-refractivity contribution in [3.63, 3.8) is 0 Å². The summed E-state index contributed by atoms with van der Waals surface area (Å²) in [6.07, 6.45) is 4.62. The van der Waals surface area contributed by atoms with Gasteiger partial charge in [-0.25, -0.2) is 4.39 Å². The summed E-state index contributed by atoms with van der Waals surface area (Å²) in [4.78, 5) is 4.93. The smallest absolute Gasteiger partial charge is 0.141 e. The molecule has 2 saturated heterocycles. The number of hydrogen-bond acceptors (Lipinski definition) is 4. The molecule has 0 radical (unpaired) electrons. The maximum Gasteiger partial charge on any atom is 0.141 e. The van der Waals surface area contributed by atoms with Gasteiger partial charge in [0, 0.05) is 49.0 Å². The van der Waals surface area contributed by atoms with Crippen LogP contribution in [0.5, 0.6) is 0 Å². The lowest BCUT2D eigenvalue weighted by Gasteiger charge is -2.38. The molecule has 1 saturated carbocycles. The van der Waals surface area contributed by atoms with Gasteiger partial charge in [-0.15, -0.1) is 0 Å². The van der Waals surface area contributed by atoms with Crippen molar-refractivity contribution in [2.75, 3.05) is 24.5 Å². The molecule has 4 nitrogen and oxygen atoms in total. The Morgan fingerprint density at radius 1 is 1.25 bits per heavy atom. The first-order valence-corrected chi connectivity index (χ1v) is 10.2. The molecule has 3 aliphatic rings. The molecule has 5 rings (SSSR count). The Morgan fingerprint density at radius 3 is 2.71 bits per heavy atom. The van der Waals surface area contributed by atoms with Gasteiger partial charge >= 0.3 is 0 Å². The zero-order valence-corrected chi connectivity index (χ0v) is 16.0. The van der Waals surface area contributed by atoms with Gasteiger partial charge in [0.1, 0.15) is 11.9 Å². The molecule has 2 aromatic rings. The molecule has 0 aromatic heterocycles. The number of likely N-dealkylation sites (tertiary alicyclic amines) is 1. The number of para-hydroxylation sites is 1. The van der Waals surface area contributed by atoms with Gasteiger partial charge in [0.05, 0.1) is 5.56 Å². The normalized spacial score (nSPS) is 26.3. The summed E-state index contributed by atoms with van der Waals surface area (Å²) in [5.74, 6) is -0.457. The first kappa shape index (κ1) is 17.7. The Kier molecular flexibility index (Phi) is 4.15. The summed E-state index contributed by atoms with van der Waals surface area (Å²) < 4.78 is 14.3. The van der Waals surface area contributed by atoms with Gasteiger partial charge < -0.3 is 10.6 Å². The van der Waals surface area contributed by atoms with E-state index in [1.165, 1.54) is 30.2 Å². The predicted molar refractivity (Wildman–Crippen MR) is 108 cm³/mol. The van der Waals surface area contributed by atoms with E-state index >= 15 is 0 Å². The highest BCUT2D eigenvalue weighted by molar-refractivity contribution is 5.82. The maximum atomic E-state index is 14.3. The summed E-state index contributed by atoms with van der Waals surface area (Å²) in [5, 5.41) is 9.03. The van der Waals surface area contributed by atoms with E-state index in [9.17, 15) is 4.39 Å². The average molecular weight is 376 g/mol. The van der Waals surface area contributed by atoms with Gasteiger partial charge in [0.2, 0.25) is 0 Å². The number of nitrogens with zero attached hydrogens (tertiary/aromatic N) is 3. The van der Waals surface area contributed by atoms with E-state index in [-0.39, 0.29) is 11.1 Å². The summed E-state index contributed by atoms with van der Waals surface area (Å²) in [5.41, 5.74) is 11.0. The van der Waals surface area contributed by atoms with Crippen LogP contribution in [-0.2, 0) is 6.54 Å². The zero-order chi connectivity index (χ0) is 19.3. The SMILES string of the molecule is N#Cc1ccc(-c2cccc(CN3C[C@]4(N)CC[C@H]3C4)c2N2CCC2)cc1F. The van der Waals surface area contributed by atoms with Gasteiger partial charge in [-0.05, 0) is 48.9 Å². The molecule has 3 fully saturated rings. The fourth-order valence-corrected chi connectivity index (χ4v) is 5.16. The second kappa shape index (κ2) is 6.58. The maximum absolute atomic E-state index is 14.3. The first-order chi connectivity index (χ1) is 13.6. The number of benzene rings is 2. The Balaban J connectivity index is 1.53. The second-order valence-electron chi connectivity index (χ2n) is 8.62. The largest absolute Gasteiger partial charge is 0.371 e. The zero-order valence-electron chi connectivity index (χ0n) is 16.0. The molecule has 2 aliphatic heterocycles. The van der Waals surface area contributed by atoms with Crippen molar-refractivity contribution in [3.8, 4) is 17.2 Å². The molecule has 0 unspecified atom stereocenters. The van der Waals surface area contributed by atoms with Crippen LogP contribution < -0.4 is 10.6 Å². The third-order valence-electron chi connectivity index (χ3n) is 6.72. The number of halogens is 1. The van der Waals surface area contributed by atoms with Crippen LogP contribution in [0.2, 0.25) is 0 Å². The third-order valence-corrected chi connectivity index (χ3v) is 6.72. The fraction of sp³-hybridized carbons (Fsp3) is 0.435. The van der Waals surface area contributed by atoms with Gasteiger partial charge in [-0.1, -0.05) is 24.3 Å². The molecule has 2 heterocycles. The van der Waals surface area contributed by atoms with Crippen molar-refractivity contribution >= 4 is 5.69 Å². The number of piperidine rings is 1. The third kappa shape index (κ3) is 2.88. The number of fused-ring (bicyclic) bond motifs is 2. The van der Waals surface area contributed by atoms with E-state index in [0.29, 0.717) is 6.04 Å². The Labute approximate surface area is 165 Å². The van der Waals surface area contributed by atoms with Crippen molar-refractivity contribution in [1.82, 2.24) is 4.90 Å². The van der Waals surface area contributed by atoms with Crippen LogP contribution in [0.25, 0.3) is 11.1 Å². The number of nitrogens with two attached hydrogens (primary N) is 1. The summed E-state index contributed by atoms with van der Waals surface area (Å²) in [7, 11) is 0. The Bertz CT molecular complexity index is 962. The molecule has 2 atom stereocenters. The van der Waals surface area contributed by atoms with Crippen molar-refractivity contribution in [2.24, 2.45) is 5.73 Å². The topological polar surface area (TPSA) is 56.3 Å². The number of anilines is 1. The summed E-state index contributed by atoms with van der Waals surface area (Å²) in [6, 6.07) is 13.8. The van der Waals surface area contributed by atoms with E-state index in [1.54, 1.807) is 6.07 Å². The van der Waals surface area contributed by atoms with Crippen molar-refractivity contribution in [2.45, 2.75) is 43.8 Å². The monoisotopic (exact) mass is 376 g/mol. The Hall–Kier alpha value is -2.42. The van der Waals surface area contributed by atoms with E-state index in [0.717, 1.165) is 50.1 Å². The standard InChI is InChI=1S/C23H25FN4/c24-21-11-16(5-6-17(21)13-25)20-4-1-3-18(22(20)27-9-2-10-27)14-28-15-23(26)8-7-19(28)12-23/h1,3-6,11,19H,2,7-10,12,14-15,26H2/t19-,23-/m0/s1. The summed E-state index contributed by atoms with van der Waals surface area (Å²) >= 11 is 0. The van der Waals surface area contributed by atoms with Crippen LogP contribution in [0, 0.1) is 17.1 Å². The quantitative estimate of drug-likeness (QED) is 0.885. The molecular formula is C23H25FN4. The van der Waals surface area contributed by atoms with Gasteiger partial charge in [0.15, 0.2) is 0 Å². The lowest BCUT2D eigenvalue weighted by molar-refractivity contribution is 0.196. The molecule has 2 bridgehead atoms. The summed E-state index contributed by atoms with van der Waals surface area (Å²) in [6.45, 7) is 3.93. The number of rotatable bonds is 4. The highest BCUT2D eigenvalue weighted by Gasteiger charge is 2.46. The number of nitriles is 1. The van der Waals surface area contributed by atoms with Crippen LogP contribution in [0.1, 0.15) is 36.8 Å². The van der Waals surface area contributed by atoms with E-state index in [1.807, 2.05) is 12.1 Å². The molecule has 5 heteroatoms. The Morgan fingerprint density at radius 2 is 2.11 bits per heavy atom. The van der Waals surface area contributed by atoms with Gasteiger partial charge in [-0.2, -0.15) is 5.26 Å². The fourth-order valence-electron chi connectivity index (χ4n) is 5.16. The first-order valence-electron chi connectivity index (χ1n) is 10.2. The van der Waals surface area contributed by atoms with Gasteiger partial charge in [-0.3, -0.25) is 4.90 Å².